The molecule has 0 aromatic heterocycles. The minimum atomic E-state index is -3.41. The van der Waals surface area contributed by atoms with Crippen LogP contribution in [-0.2, 0) is 13.8 Å². The average Bonchev–Trinajstić information content (AvgIpc) is 1.79. The monoisotopic (exact) mass is 212 g/mol. The molecule has 0 heterocycles. The van der Waals surface area contributed by atoms with Gasteiger partial charge in [-0.1, -0.05) is 6.42 Å². The van der Waals surface area contributed by atoms with Crippen LogP contribution in [0.2, 0.25) is 0 Å². The van der Waals surface area contributed by atoms with E-state index in [1.807, 2.05) is 0 Å². The van der Waals surface area contributed by atoms with Gasteiger partial charge in [0.15, 0.2) is 0 Å². The molecule has 0 N–H and O–H groups in total. The second kappa shape index (κ2) is 3.94. The van der Waals surface area contributed by atoms with E-state index in [1.165, 1.54) is 13.5 Å². The van der Waals surface area contributed by atoms with Gasteiger partial charge in [-0.05, 0) is 18.8 Å². The molecule has 0 spiro atoms. The van der Waals surface area contributed by atoms with Crippen molar-refractivity contribution in [2.24, 2.45) is 5.92 Å². The lowest BCUT2D eigenvalue weighted by Gasteiger charge is -2.31. The lowest BCUT2D eigenvalue weighted by Crippen LogP contribution is -2.33. The maximum atomic E-state index is 10.7. The van der Waals surface area contributed by atoms with Crippen LogP contribution in [0.25, 0.3) is 0 Å². The highest BCUT2D eigenvalue weighted by Crippen LogP contribution is 2.31. The maximum absolute atomic E-state index is 10.7. The van der Waals surface area contributed by atoms with Gasteiger partial charge >= 0.3 is 0 Å². The summed E-state index contributed by atoms with van der Waals surface area (Å²) in [5.41, 5.74) is 0. The Balaban J connectivity index is 2.45. The van der Waals surface area contributed by atoms with Crippen molar-refractivity contribution in [2.45, 2.75) is 25.4 Å². The quantitative estimate of drug-likeness (QED) is 0.662. The topological polar surface area (TPSA) is 43.4 Å². The van der Waals surface area contributed by atoms with Gasteiger partial charge in [0, 0.05) is 17.8 Å². The third kappa shape index (κ3) is 2.92. The summed E-state index contributed by atoms with van der Waals surface area (Å²) in [7, 11) is 3.25. The van der Waals surface area contributed by atoms with E-state index >= 15 is 0 Å². The lowest BCUT2D eigenvalue weighted by atomic mass is 9.82. The molecule has 3 nitrogen and oxygen atoms in total. The normalized spacial score (nSPS) is 21.8. The highest BCUT2D eigenvalue weighted by Gasteiger charge is 2.30. The molecule has 1 unspecified atom stereocenters. The Kier molecular flexibility index (Phi) is 3.37. The number of rotatable bonds is 4. The second-order valence-corrected chi connectivity index (χ2v) is 5.99. The van der Waals surface area contributed by atoms with Gasteiger partial charge in [0.25, 0.3) is 0 Å². The van der Waals surface area contributed by atoms with Crippen molar-refractivity contribution in [2.75, 3.05) is 12.9 Å². The first-order valence-corrected chi connectivity index (χ1v) is 6.46. The molecule has 0 bridgehead atoms. The van der Waals surface area contributed by atoms with Crippen molar-refractivity contribution >= 4 is 19.7 Å². The van der Waals surface area contributed by atoms with Gasteiger partial charge in [-0.25, -0.2) is 8.42 Å². The van der Waals surface area contributed by atoms with Crippen LogP contribution in [0.1, 0.15) is 19.3 Å². The van der Waals surface area contributed by atoms with E-state index in [0.717, 1.165) is 12.8 Å². The summed E-state index contributed by atoms with van der Waals surface area (Å²) in [6.07, 6.45) is 3.09. The van der Waals surface area contributed by atoms with E-state index in [1.54, 1.807) is 0 Å². The van der Waals surface area contributed by atoms with E-state index < -0.39 is 9.05 Å². The molecule has 5 heteroatoms. The Bertz CT molecular complexity index is 233. The molecule has 0 saturated heterocycles. The van der Waals surface area contributed by atoms with Crippen LogP contribution < -0.4 is 0 Å². The van der Waals surface area contributed by atoms with Crippen molar-refractivity contribution in [3.63, 3.8) is 0 Å². The number of hydrogen-bond donors (Lipinski definition) is 0. The van der Waals surface area contributed by atoms with Crippen LogP contribution in [0.5, 0.6) is 0 Å². The van der Waals surface area contributed by atoms with Gasteiger partial charge in [-0.3, -0.25) is 0 Å². The molecule has 0 aromatic carbocycles. The number of methoxy groups -OCH3 is 1. The van der Waals surface area contributed by atoms with Gasteiger partial charge in [0.2, 0.25) is 9.05 Å². The molecule has 12 heavy (non-hydrogen) atoms. The largest absolute Gasteiger partial charge is 0.380 e. The molecular weight excluding hydrogens is 200 g/mol. The number of ether oxygens (including phenoxy) is 1. The van der Waals surface area contributed by atoms with Gasteiger partial charge in [-0.15, -0.1) is 0 Å². The minimum Gasteiger partial charge on any atom is -0.380 e. The minimum absolute atomic E-state index is 0.0598. The zero-order valence-corrected chi connectivity index (χ0v) is 8.57. The Morgan fingerprint density at radius 3 is 2.42 bits per heavy atom. The second-order valence-electron chi connectivity index (χ2n) is 3.17. The molecule has 0 amide bonds. The Morgan fingerprint density at radius 1 is 1.58 bits per heavy atom. The van der Waals surface area contributed by atoms with Crippen molar-refractivity contribution in [1.29, 1.82) is 0 Å². The van der Waals surface area contributed by atoms with E-state index in [-0.39, 0.29) is 11.9 Å². The van der Waals surface area contributed by atoms with Gasteiger partial charge in [0.05, 0.1) is 11.9 Å². The first-order valence-electron chi connectivity index (χ1n) is 3.98. The third-order valence-corrected chi connectivity index (χ3v) is 3.45. The Morgan fingerprint density at radius 2 is 2.17 bits per heavy atom. The molecule has 1 atom stereocenters. The SMILES string of the molecule is COC(CS(=O)(=O)Cl)C1CCC1. The van der Waals surface area contributed by atoms with Crippen molar-refractivity contribution < 1.29 is 13.2 Å². The molecule has 0 aromatic rings. The van der Waals surface area contributed by atoms with Crippen LogP contribution in [0.4, 0.5) is 0 Å². The van der Waals surface area contributed by atoms with E-state index in [4.69, 9.17) is 15.4 Å². The van der Waals surface area contributed by atoms with Crippen LogP contribution in [-0.4, -0.2) is 27.4 Å². The van der Waals surface area contributed by atoms with Crippen molar-refractivity contribution in [3.8, 4) is 0 Å². The Hall–Kier alpha value is 0.200. The molecule has 1 saturated carbocycles. The molecule has 1 aliphatic rings. The van der Waals surface area contributed by atoms with E-state index in [0.29, 0.717) is 5.92 Å². The summed E-state index contributed by atoms with van der Waals surface area (Å²) >= 11 is 0. The molecule has 1 fully saturated rings. The maximum Gasteiger partial charge on any atom is 0.235 e. The van der Waals surface area contributed by atoms with Gasteiger partial charge < -0.3 is 4.74 Å². The summed E-state index contributed by atoms with van der Waals surface area (Å²) in [6, 6.07) is 0. The zero-order valence-electron chi connectivity index (χ0n) is 6.99. The van der Waals surface area contributed by atoms with Crippen LogP contribution in [0, 0.1) is 5.92 Å². The van der Waals surface area contributed by atoms with Crippen LogP contribution in [0.15, 0.2) is 0 Å². The highest BCUT2D eigenvalue weighted by molar-refractivity contribution is 8.13. The van der Waals surface area contributed by atoms with Crippen LogP contribution >= 0.6 is 10.7 Å². The predicted molar refractivity (Wildman–Crippen MR) is 47.8 cm³/mol. The molecular formula is C7H13ClO3S. The van der Waals surface area contributed by atoms with Crippen molar-refractivity contribution in [1.82, 2.24) is 0 Å². The van der Waals surface area contributed by atoms with Crippen LogP contribution in [0.3, 0.4) is 0 Å². The van der Waals surface area contributed by atoms with Crippen molar-refractivity contribution in [3.05, 3.63) is 0 Å². The Labute approximate surface area is 77.5 Å². The molecule has 72 valence electrons. The predicted octanol–water partition coefficient (Wildman–Crippen LogP) is 1.37. The molecule has 1 rings (SSSR count). The number of halogens is 1. The molecule has 1 aliphatic carbocycles. The summed E-state index contributed by atoms with van der Waals surface area (Å²) < 4.78 is 26.5. The fraction of sp³-hybridized carbons (Fsp3) is 1.00. The summed E-state index contributed by atoms with van der Waals surface area (Å²) in [5, 5.41) is 0. The third-order valence-electron chi connectivity index (χ3n) is 2.34. The molecule has 0 radical (unpaired) electrons. The van der Waals surface area contributed by atoms with Gasteiger partial charge in [0.1, 0.15) is 0 Å². The summed E-state index contributed by atoms with van der Waals surface area (Å²) in [5.74, 6) is 0.332. The van der Waals surface area contributed by atoms with E-state index in [9.17, 15) is 8.42 Å². The number of hydrogen-bond acceptors (Lipinski definition) is 3. The smallest absolute Gasteiger partial charge is 0.235 e. The standard InChI is InChI=1S/C7H13ClO3S/c1-11-7(5-12(8,9)10)6-3-2-4-6/h6-7H,2-5H2,1H3. The lowest BCUT2D eigenvalue weighted by molar-refractivity contribution is 0.0356. The summed E-state index contributed by atoms with van der Waals surface area (Å²) in [6.45, 7) is 0. The fourth-order valence-electron chi connectivity index (χ4n) is 1.40. The zero-order chi connectivity index (χ0) is 9.19. The average molecular weight is 213 g/mol. The summed E-state index contributed by atoms with van der Waals surface area (Å²) in [4.78, 5) is 0. The molecule has 0 aliphatic heterocycles. The first-order chi connectivity index (χ1) is 5.53. The van der Waals surface area contributed by atoms with E-state index in [2.05, 4.69) is 0 Å². The first kappa shape index (κ1) is 10.3. The fourth-order valence-corrected chi connectivity index (χ4v) is 2.58. The van der Waals surface area contributed by atoms with Gasteiger partial charge in [-0.2, -0.15) is 0 Å². The highest BCUT2D eigenvalue weighted by atomic mass is 35.7.